The van der Waals surface area contributed by atoms with Crippen LogP contribution in [0, 0.1) is 0 Å². The Morgan fingerprint density at radius 1 is 1.31 bits per heavy atom. The lowest BCUT2D eigenvalue weighted by molar-refractivity contribution is 0.727. The molecule has 0 fully saturated rings. The molecule has 0 heterocycles. The van der Waals surface area contributed by atoms with Crippen molar-refractivity contribution in [2.24, 2.45) is 0 Å². The molecule has 1 nitrogen and oxygen atoms in total. The molecule has 0 saturated carbocycles. The average molecular weight is 258 g/mol. The Balaban J connectivity index is 2.64. The van der Waals surface area contributed by atoms with Gasteiger partial charge in [-0.1, -0.05) is 42.3 Å². The number of rotatable bonds is 5. The van der Waals surface area contributed by atoms with Gasteiger partial charge in [-0.25, -0.2) is 0 Å². The second-order valence-electron chi connectivity index (χ2n) is 3.66. The second kappa shape index (κ2) is 6.95. The molecule has 0 aromatic heterocycles. The minimum Gasteiger partial charge on any atom is -0.317 e. The van der Waals surface area contributed by atoms with Gasteiger partial charge in [0.05, 0.1) is 10.0 Å². The van der Waals surface area contributed by atoms with Crippen molar-refractivity contribution in [3.63, 3.8) is 0 Å². The lowest BCUT2D eigenvalue weighted by Crippen LogP contribution is -2.13. The van der Waals surface area contributed by atoms with Gasteiger partial charge < -0.3 is 5.32 Å². The number of halogens is 2. The molecule has 1 rings (SSSR count). The van der Waals surface area contributed by atoms with Gasteiger partial charge in [0.2, 0.25) is 0 Å². The van der Waals surface area contributed by atoms with Gasteiger partial charge in [0.1, 0.15) is 0 Å². The zero-order valence-electron chi connectivity index (χ0n) is 9.69. The molecule has 0 aliphatic heterocycles. The standard InChI is InChI=1S/C13H17Cl2N/c1-3-16-8-4-5-10(2)11-6-7-12(14)13(15)9-11/h5-7,9,16H,3-4,8H2,1-2H3. The van der Waals surface area contributed by atoms with Crippen LogP contribution in [0.2, 0.25) is 10.0 Å². The quantitative estimate of drug-likeness (QED) is 0.772. The topological polar surface area (TPSA) is 12.0 Å². The smallest absolute Gasteiger partial charge is 0.0598 e. The third kappa shape index (κ3) is 4.17. The van der Waals surface area contributed by atoms with Crippen LogP contribution in [0.25, 0.3) is 5.57 Å². The van der Waals surface area contributed by atoms with Crippen LogP contribution >= 0.6 is 23.2 Å². The van der Waals surface area contributed by atoms with Crippen molar-refractivity contribution in [2.75, 3.05) is 13.1 Å². The molecule has 0 amide bonds. The maximum absolute atomic E-state index is 5.97. The van der Waals surface area contributed by atoms with E-state index in [2.05, 4.69) is 25.2 Å². The number of benzene rings is 1. The Bertz CT molecular complexity index is 372. The van der Waals surface area contributed by atoms with Gasteiger partial charge in [0, 0.05) is 0 Å². The van der Waals surface area contributed by atoms with E-state index in [4.69, 9.17) is 23.2 Å². The highest BCUT2D eigenvalue weighted by Crippen LogP contribution is 2.25. The highest BCUT2D eigenvalue weighted by Gasteiger charge is 2.00. The molecule has 0 spiro atoms. The summed E-state index contributed by atoms with van der Waals surface area (Å²) >= 11 is 11.8. The Kier molecular flexibility index (Phi) is 5.89. The van der Waals surface area contributed by atoms with Crippen molar-refractivity contribution >= 4 is 28.8 Å². The molecule has 88 valence electrons. The second-order valence-corrected chi connectivity index (χ2v) is 4.47. The van der Waals surface area contributed by atoms with Gasteiger partial charge in [0.25, 0.3) is 0 Å². The molecule has 0 saturated heterocycles. The number of allylic oxidation sites excluding steroid dienone is 1. The number of nitrogens with one attached hydrogen (secondary N) is 1. The van der Waals surface area contributed by atoms with Crippen molar-refractivity contribution in [3.8, 4) is 0 Å². The lowest BCUT2D eigenvalue weighted by atomic mass is 10.1. The molecule has 0 unspecified atom stereocenters. The van der Waals surface area contributed by atoms with E-state index >= 15 is 0 Å². The number of hydrogen-bond acceptors (Lipinski definition) is 1. The first-order valence-electron chi connectivity index (χ1n) is 5.48. The summed E-state index contributed by atoms with van der Waals surface area (Å²) in [6.07, 6.45) is 3.24. The highest BCUT2D eigenvalue weighted by molar-refractivity contribution is 6.42. The fraction of sp³-hybridized carbons (Fsp3) is 0.385. The lowest BCUT2D eigenvalue weighted by Gasteiger charge is -2.04. The largest absolute Gasteiger partial charge is 0.317 e. The third-order valence-electron chi connectivity index (χ3n) is 2.40. The summed E-state index contributed by atoms with van der Waals surface area (Å²) < 4.78 is 0. The van der Waals surface area contributed by atoms with Crippen LogP contribution in [0.5, 0.6) is 0 Å². The number of hydrogen-bond donors (Lipinski definition) is 1. The summed E-state index contributed by atoms with van der Waals surface area (Å²) in [6.45, 7) is 6.22. The van der Waals surface area contributed by atoms with Gasteiger partial charge in [-0.15, -0.1) is 0 Å². The monoisotopic (exact) mass is 257 g/mol. The summed E-state index contributed by atoms with van der Waals surface area (Å²) in [7, 11) is 0. The first-order valence-corrected chi connectivity index (χ1v) is 6.23. The SMILES string of the molecule is CCNCCC=C(C)c1ccc(Cl)c(Cl)c1. The normalized spacial score (nSPS) is 11.9. The summed E-state index contributed by atoms with van der Waals surface area (Å²) in [5.41, 5.74) is 2.36. The molecular formula is C13H17Cl2N. The zero-order valence-corrected chi connectivity index (χ0v) is 11.2. The molecule has 1 aromatic rings. The summed E-state index contributed by atoms with van der Waals surface area (Å²) in [6, 6.07) is 5.73. The van der Waals surface area contributed by atoms with E-state index in [1.165, 1.54) is 5.57 Å². The van der Waals surface area contributed by atoms with Crippen LogP contribution in [0.15, 0.2) is 24.3 Å². The Morgan fingerprint density at radius 3 is 2.69 bits per heavy atom. The molecular weight excluding hydrogens is 241 g/mol. The van der Waals surface area contributed by atoms with Crippen molar-refractivity contribution < 1.29 is 0 Å². The van der Waals surface area contributed by atoms with E-state index in [9.17, 15) is 0 Å². The van der Waals surface area contributed by atoms with E-state index in [0.29, 0.717) is 10.0 Å². The van der Waals surface area contributed by atoms with Crippen molar-refractivity contribution in [3.05, 3.63) is 39.9 Å². The maximum Gasteiger partial charge on any atom is 0.0598 e. The van der Waals surface area contributed by atoms with Crippen LogP contribution in [0.1, 0.15) is 25.8 Å². The Hall–Kier alpha value is -0.500. The van der Waals surface area contributed by atoms with Crippen LogP contribution < -0.4 is 5.32 Å². The molecule has 0 aliphatic rings. The highest BCUT2D eigenvalue weighted by atomic mass is 35.5. The van der Waals surface area contributed by atoms with Crippen LogP contribution in [-0.4, -0.2) is 13.1 Å². The van der Waals surface area contributed by atoms with Crippen molar-refractivity contribution in [2.45, 2.75) is 20.3 Å². The molecule has 1 aromatic carbocycles. The average Bonchev–Trinajstić information content (AvgIpc) is 2.28. The molecule has 0 radical (unpaired) electrons. The van der Waals surface area contributed by atoms with Crippen LogP contribution in [0.4, 0.5) is 0 Å². The molecule has 0 atom stereocenters. The predicted molar refractivity (Wildman–Crippen MR) is 73.3 cm³/mol. The molecule has 1 N–H and O–H groups in total. The van der Waals surface area contributed by atoms with Gasteiger partial charge in [-0.2, -0.15) is 0 Å². The van der Waals surface area contributed by atoms with Gasteiger partial charge in [-0.05, 0) is 49.7 Å². The first kappa shape index (κ1) is 13.6. The summed E-state index contributed by atoms with van der Waals surface area (Å²) in [5.74, 6) is 0. The Morgan fingerprint density at radius 2 is 2.06 bits per heavy atom. The van der Waals surface area contributed by atoms with E-state index in [1.807, 2.05) is 18.2 Å². The van der Waals surface area contributed by atoms with E-state index in [-0.39, 0.29) is 0 Å². The Labute approximate surface area is 107 Å². The van der Waals surface area contributed by atoms with Crippen LogP contribution in [0.3, 0.4) is 0 Å². The zero-order chi connectivity index (χ0) is 12.0. The fourth-order valence-electron chi connectivity index (χ4n) is 1.43. The maximum atomic E-state index is 5.97. The summed E-state index contributed by atoms with van der Waals surface area (Å²) in [5, 5.41) is 4.50. The van der Waals surface area contributed by atoms with Crippen molar-refractivity contribution in [1.29, 1.82) is 0 Å². The van der Waals surface area contributed by atoms with Crippen LogP contribution in [-0.2, 0) is 0 Å². The fourth-order valence-corrected chi connectivity index (χ4v) is 1.72. The van der Waals surface area contributed by atoms with E-state index < -0.39 is 0 Å². The van der Waals surface area contributed by atoms with Gasteiger partial charge >= 0.3 is 0 Å². The van der Waals surface area contributed by atoms with Crippen molar-refractivity contribution in [1.82, 2.24) is 5.32 Å². The summed E-state index contributed by atoms with van der Waals surface area (Å²) in [4.78, 5) is 0. The third-order valence-corrected chi connectivity index (χ3v) is 3.14. The first-order chi connectivity index (χ1) is 7.65. The van der Waals surface area contributed by atoms with E-state index in [0.717, 1.165) is 25.1 Å². The minimum absolute atomic E-state index is 0.603. The van der Waals surface area contributed by atoms with E-state index in [1.54, 1.807) is 0 Å². The molecule has 0 bridgehead atoms. The minimum atomic E-state index is 0.603. The molecule has 0 aliphatic carbocycles. The molecule has 3 heteroatoms. The molecule has 16 heavy (non-hydrogen) atoms. The predicted octanol–water partition coefficient (Wildman–Crippen LogP) is 4.40. The van der Waals surface area contributed by atoms with Gasteiger partial charge in [-0.3, -0.25) is 0 Å². The van der Waals surface area contributed by atoms with Gasteiger partial charge in [0.15, 0.2) is 0 Å².